The normalized spacial score (nSPS) is 21.6. The topological polar surface area (TPSA) is 28.2 Å². The van der Waals surface area contributed by atoms with Crippen molar-refractivity contribution in [3.8, 4) is 0 Å². The Morgan fingerprint density at radius 3 is 3.11 bits per heavy atom. The summed E-state index contributed by atoms with van der Waals surface area (Å²) >= 11 is 1.81. The van der Waals surface area contributed by atoms with Crippen LogP contribution in [-0.2, 0) is 0 Å². The first-order valence-electron chi connectivity index (χ1n) is 7.68. The smallest absolute Gasteiger partial charge is 0.185 e. The van der Waals surface area contributed by atoms with Gasteiger partial charge in [-0.2, -0.15) is 0 Å². The van der Waals surface area contributed by atoms with Crippen LogP contribution in [0.25, 0.3) is 0 Å². The molecule has 0 amide bonds. The van der Waals surface area contributed by atoms with E-state index >= 15 is 0 Å². The molecule has 4 heteroatoms. The number of nitrogens with one attached hydrogen (secondary N) is 1. The maximum atomic E-state index is 4.84. The second-order valence-corrected chi connectivity index (χ2v) is 6.43. The van der Waals surface area contributed by atoms with Crippen molar-refractivity contribution in [1.29, 1.82) is 0 Å². The van der Waals surface area contributed by atoms with Gasteiger partial charge in [-0.3, -0.25) is 0 Å². The first-order chi connectivity index (χ1) is 9.24. The number of anilines is 1. The second-order valence-electron chi connectivity index (χ2n) is 5.59. The molecule has 108 valence electrons. The monoisotopic (exact) mass is 281 g/mol. The van der Waals surface area contributed by atoms with Gasteiger partial charge in [-0.15, -0.1) is 11.3 Å². The predicted octanol–water partition coefficient (Wildman–Crippen LogP) is 3.83. The largest absolute Gasteiger partial charge is 0.348 e. The zero-order valence-corrected chi connectivity index (χ0v) is 13.3. The van der Waals surface area contributed by atoms with Crippen LogP contribution in [0, 0.1) is 5.92 Å². The highest BCUT2D eigenvalue weighted by Crippen LogP contribution is 2.29. The van der Waals surface area contributed by atoms with E-state index in [4.69, 9.17) is 4.98 Å². The molecular formula is C15H27N3S. The number of thiazole rings is 1. The van der Waals surface area contributed by atoms with E-state index in [1.54, 1.807) is 11.3 Å². The van der Waals surface area contributed by atoms with Crippen molar-refractivity contribution in [2.24, 2.45) is 5.92 Å². The lowest BCUT2D eigenvalue weighted by Gasteiger charge is -2.32. The molecule has 3 nitrogen and oxygen atoms in total. The summed E-state index contributed by atoms with van der Waals surface area (Å²) in [5.74, 6) is 0.858. The molecule has 0 bridgehead atoms. The number of aromatic nitrogens is 1. The summed E-state index contributed by atoms with van der Waals surface area (Å²) in [6, 6.07) is 0.372. The molecule has 2 rings (SSSR count). The standard InChI is InChI=1S/C15H27N3S/c1-4-8-16-12(3)14-11-19-15(17-14)18-9-6-7-13(5-2)10-18/h11-13,16H,4-10H2,1-3H3. The maximum absolute atomic E-state index is 4.84. The van der Waals surface area contributed by atoms with Gasteiger partial charge < -0.3 is 10.2 Å². The molecule has 1 fully saturated rings. The number of hydrogen-bond donors (Lipinski definition) is 1. The lowest BCUT2D eigenvalue weighted by atomic mass is 9.96. The fourth-order valence-electron chi connectivity index (χ4n) is 2.66. The highest BCUT2D eigenvalue weighted by molar-refractivity contribution is 7.13. The van der Waals surface area contributed by atoms with E-state index in [-0.39, 0.29) is 0 Å². The highest BCUT2D eigenvalue weighted by atomic mass is 32.1. The van der Waals surface area contributed by atoms with Crippen LogP contribution in [0.5, 0.6) is 0 Å². The molecule has 0 spiro atoms. The van der Waals surface area contributed by atoms with E-state index in [0.717, 1.165) is 12.5 Å². The van der Waals surface area contributed by atoms with E-state index in [9.17, 15) is 0 Å². The van der Waals surface area contributed by atoms with Crippen molar-refractivity contribution in [1.82, 2.24) is 10.3 Å². The molecule has 2 unspecified atom stereocenters. The van der Waals surface area contributed by atoms with Gasteiger partial charge in [0.2, 0.25) is 0 Å². The Morgan fingerprint density at radius 2 is 2.37 bits per heavy atom. The summed E-state index contributed by atoms with van der Waals surface area (Å²) < 4.78 is 0. The first-order valence-corrected chi connectivity index (χ1v) is 8.56. The van der Waals surface area contributed by atoms with Gasteiger partial charge in [0.15, 0.2) is 5.13 Å². The van der Waals surface area contributed by atoms with E-state index in [2.05, 4.69) is 36.4 Å². The van der Waals surface area contributed by atoms with Gasteiger partial charge in [0.05, 0.1) is 5.69 Å². The van der Waals surface area contributed by atoms with Gasteiger partial charge in [-0.05, 0) is 38.6 Å². The maximum Gasteiger partial charge on any atom is 0.185 e. The Bertz CT molecular complexity index is 377. The molecule has 19 heavy (non-hydrogen) atoms. The number of hydrogen-bond acceptors (Lipinski definition) is 4. The van der Waals surface area contributed by atoms with Crippen LogP contribution in [0.3, 0.4) is 0 Å². The molecule has 1 aromatic rings. The zero-order valence-electron chi connectivity index (χ0n) is 12.5. The number of piperidine rings is 1. The Morgan fingerprint density at radius 1 is 1.53 bits per heavy atom. The van der Waals surface area contributed by atoms with Crippen LogP contribution in [0.4, 0.5) is 5.13 Å². The van der Waals surface area contributed by atoms with Gasteiger partial charge >= 0.3 is 0 Å². The van der Waals surface area contributed by atoms with Gasteiger partial charge in [0.1, 0.15) is 0 Å². The van der Waals surface area contributed by atoms with Crippen molar-refractivity contribution < 1.29 is 0 Å². The van der Waals surface area contributed by atoms with Crippen LogP contribution in [-0.4, -0.2) is 24.6 Å². The third-order valence-electron chi connectivity index (χ3n) is 4.02. The van der Waals surface area contributed by atoms with Crippen molar-refractivity contribution in [3.63, 3.8) is 0 Å². The second kappa shape index (κ2) is 7.25. The fourth-order valence-corrected chi connectivity index (χ4v) is 3.61. The lowest BCUT2D eigenvalue weighted by Crippen LogP contribution is -2.35. The minimum Gasteiger partial charge on any atom is -0.348 e. The van der Waals surface area contributed by atoms with Gasteiger partial charge in [0.25, 0.3) is 0 Å². The average Bonchev–Trinajstić information content (AvgIpc) is 2.94. The molecule has 0 aliphatic carbocycles. The van der Waals surface area contributed by atoms with E-state index in [0.29, 0.717) is 6.04 Å². The average molecular weight is 281 g/mol. The quantitative estimate of drug-likeness (QED) is 0.859. The Hall–Kier alpha value is -0.610. The summed E-state index contributed by atoms with van der Waals surface area (Å²) in [5, 5.41) is 6.95. The molecular weight excluding hydrogens is 254 g/mol. The Labute approximate surface area is 121 Å². The van der Waals surface area contributed by atoms with Crippen molar-refractivity contribution in [3.05, 3.63) is 11.1 Å². The van der Waals surface area contributed by atoms with Crippen molar-refractivity contribution in [2.45, 2.75) is 52.5 Å². The fraction of sp³-hybridized carbons (Fsp3) is 0.800. The summed E-state index contributed by atoms with van der Waals surface area (Å²) in [6.07, 6.45) is 5.17. The van der Waals surface area contributed by atoms with Gasteiger partial charge in [0, 0.05) is 24.5 Å². The number of rotatable bonds is 6. The minimum atomic E-state index is 0.372. The molecule has 2 heterocycles. The third-order valence-corrected chi connectivity index (χ3v) is 4.94. The SMILES string of the molecule is CCCNC(C)c1csc(N2CCCC(CC)C2)n1. The molecule has 1 saturated heterocycles. The van der Waals surface area contributed by atoms with E-state index < -0.39 is 0 Å². The molecule has 2 atom stereocenters. The van der Waals surface area contributed by atoms with Crippen molar-refractivity contribution >= 4 is 16.5 Å². The van der Waals surface area contributed by atoms with Crippen LogP contribution in [0.2, 0.25) is 0 Å². The van der Waals surface area contributed by atoms with Crippen LogP contribution < -0.4 is 10.2 Å². The summed E-state index contributed by atoms with van der Waals surface area (Å²) in [6.45, 7) is 10.2. The summed E-state index contributed by atoms with van der Waals surface area (Å²) in [4.78, 5) is 7.32. The van der Waals surface area contributed by atoms with Gasteiger partial charge in [-0.25, -0.2) is 4.98 Å². The van der Waals surface area contributed by atoms with E-state index in [1.165, 1.54) is 49.6 Å². The van der Waals surface area contributed by atoms with Gasteiger partial charge in [-0.1, -0.05) is 20.3 Å². The Kier molecular flexibility index (Phi) is 5.64. The third kappa shape index (κ3) is 3.93. The molecule has 0 saturated carbocycles. The number of nitrogens with zero attached hydrogens (tertiary/aromatic N) is 2. The first kappa shape index (κ1) is 14.8. The predicted molar refractivity (Wildman–Crippen MR) is 84.1 cm³/mol. The molecule has 1 aliphatic rings. The molecule has 0 aromatic carbocycles. The summed E-state index contributed by atoms with van der Waals surface area (Å²) in [7, 11) is 0. The zero-order chi connectivity index (χ0) is 13.7. The lowest BCUT2D eigenvalue weighted by molar-refractivity contribution is 0.404. The molecule has 1 N–H and O–H groups in total. The van der Waals surface area contributed by atoms with Crippen molar-refractivity contribution in [2.75, 3.05) is 24.5 Å². The highest BCUT2D eigenvalue weighted by Gasteiger charge is 2.21. The van der Waals surface area contributed by atoms with E-state index in [1.807, 2.05) is 0 Å². The van der Waals surface area contributed by atoms with Crippen LogP contribution in [0.15, 0.2) is 5.38 Å². The summed E-state index contributed by atoms with van der Waals surface area (Å²) in [5.41, 5.74) is 1.20. The Balaban J connectivity index is 1.96. The van der Waals surface area contributed by atoms with Crippen LogP contribution in [0.1, 0.15) is 58.2 Å². The van der Waals surface area contributed by atoms with Crippen LogP contribution >= 0.6 is 11.3 Å². The molecule has 0 radical (unpaired) electrons. The minimum absolute atomic E-state index is 0.372. The molecule has 1 aromatic heterocycles. The molecule has 1 aliphatic heterocycles.